The topological polar surface area (TPSA) is 65.4 Å². The molecule has 0 spiro atoms. The van der Waals surface area contributed by atoms with Crippen molar-refractivity contribution in [3.63, 3.8) is 0 Å². The number of imidazole rings is 1. The van der Waals surface area contributed by atoms with Crippen LogP contribution in [-0.4, -0.2) is 9.55 Å². The lowest BCUT2D eigenvalue weighted by molar-refractivity contribution is 0.925. The van der Waals surface area contributed by atoms with Crippen molar-refractivity contribution in [2.24, 2.45) is 7.05 Å². The molecule has 0 bridgehead atoms. The van der Waals surface area contributed by atoms with E-state index in [2.05, 4.69) is 17.1 Å². The van der Waals surface area contributed by atoms with E-state index in [1.165, 1.54) is 0 Å². The van der Waals surface area contributed by atoms with Crippen LogP contribution >= 0.6 is 0 Å². The third kappa shape index (κ3) is 2.46. The SMILES string of the molecule is Cn1cc(-c2ccc(C#N)cc2)nc1-c1ccc(C#N)cc1. The second-order valence-corrected chi connectivity index (χ2v) is 4.94. The molecule has 0 aliphatic heterocycles. The smallest absolute Gasteiger partial charge is 0.140 e. The molecule has 0 unspecified atom stereocenters. The summed E-state index contributed by atoms with van der Waals surface area (Å²) in [6, 6.07) is 18.9. The van der Waals surface area contributed by atoms with E-state index < -0.39 is 0 Å². The first-order chi connectivity index (χ1) is 10.7. The molecule has 0 aliphatic rings. The molecule has 22 heavy (non-hydrogen) atoms. The molecule has 0 fully saturated rings. The van der Waals surface area contributed by atoms with E-state index in [0.29, 0.717) is 11.1 Å². The molecule has 1 aromatic heterocycles. The van der Waals surface area contributed by atoms with E-state index in [9.17, 15) is 0 Å². The molecular formula is C18H12N4. The van der Waals surface area contributed by atoms with Crippen LogP contribution in [-0.2, 0) is 7.05 Å². The Morgan fingerprint density at radius 1 is 0.818 bits per heavy atom. The van der Waals surface area contributed by atoms with E-state index in [-0.39, 0.29) is 0 Å². The number of nitriles is 2. The van der Waals surface area contributed by atoms with Gasteiger partial charge in [-0.15, -0.1) is 0 Å². The molecule has 0 N–H and O–H groups in total. The fraction of sp³-hybridized carbons (Fsp3) is 0.0556. The third-order valence-corrected chi connectivity index (χ3v) is 3.46. The van der Waals surface area contributed by atoms with Crippen LogP contribution in [0.3, 0.4) is 0 Å². The minimum Gasteiger partial charge on any atom is -0.333 e. The Labute approximate surface area is 128 Å². The lowest BCUT2D eigenvalue weighted by Crippen LogP contribution is -1.90. The Morgan fingerprint density at radius 2 is 1.32 bits per heavy atom. The largest absolute Gasteiger partial charge is 0.333 e. The van der Waals surface area contributed by atoms with Gasteiger partial charge in [0.1, 0.15) is 5.82 Å². The lowest BCUT2D eigenvalue weighted by Gasteiger charge is -2.00. The van der Waals surface area contributed by atoms with Gasteiger partial charge in [0.25, 0.3) is 0 Å². The molecule has 4 nitrogen and oxygen atoms in total. The average molecular weight is 284 g/mol. The summed E-state index contributed by atoms with van der Waals surface area (Å²) in [4.78, 5) is 4.66. The van der Waals surface area contributed by atoms with Crippen LogP contribution in [0, 0.1) is 22.7 Å². The van der Waals surface area contributed by atoms with Crippen molar-refractivity contribution in [2.75, 3.05) is 0 Å². The van der Waals surface area contributed by atoms with Crippen LogP contribution in [0.5, 0.6) is 0 Å². The molecule has 3 rings (SSSR count). The fourth-order valence-corrected chi connectivity index (χ4v) is 2.28. The minimum atomic E-state index is 0.630. The first-order valence-electron chi connectivity index (χ1n) is 6.75. The maximum absolute atomic E-state index is 8.86. The Kier molecular flexibility index (Phi) is 3.43. The van der Waals surface area contributed by atoms with Crippen LogP contribution in [0.2, 0.25) is 0 Å². The molecule has 2 aromatic carbocycles. The van der Waals surface area contributed by atoms with Gasteiger partial charge in [0, 0.05) is 24.4 Å². The molecule has 0 amide bonds. The van der Waals surface area contributed by atoms with Crippen molar-refractivity contribution in [3.05, 3.63) is 65.9 Å². The molecule has 0 aliphatic carbocycles. The predicted octanol–water partition coefficient (Wildman–Crippen LogP) is 3.50. The summed E-state index contributed by atoms with van der Waals surface area (Å²) in [7, 11) is 1.94. The predicted molar refractivity (Wildman–Crippen MR) is 83.5 cm³/mol. The number of rotatable bonds is 2. The van der Waals surface area contributed by atoms with Crippen molar-refractivity contribution < 1.29 is 0 Å². The van der Waals surface area contributed by atoms with Crippen LogP contribution in [0.25, 0.3) is 22.6 Å². The fourth-order valence-electron chi connectivity index (χ4n) is 2.28. The molecule has 1 heterocycles. The van der Waals surface area contributed by atoms with Crippen LogP contribution in [0.1, 0.15) is 11.1 Å². The van der Waals surface area contributed by atoms with Gasteiger partial charge in [0.05, 0.1) is 29.0 Å². The van der Waals surface area contributed by atoms with Gasteiger partial charge in [-0.1, -0.05) is 12.1 Å². The van der Waals surface area contributed by atoms with Crippen LogP contribution in [0.4, 0.5) is 0 Å². The van der Waals surface area contributed by atoms with Crippen LogP contribution in [0.15, 0.2) is 54.7 Å². The Bertz CT molecular complexity index is 888. The Morgan fingerprint density at radius 3 is 1.82 bits per heavy atom. The van der Waals surface area contributed by atoms with Gasteiger partial charge in [-0.3, -0.25) is 0 Å². The second-order valence-electron chi connectivity index (χ2n) is 4.94. The molecule has 0 radical (unpaired) electrons. The maximum atomic E-state index is 8.86. The average Bonchev–Trinajstić information content (AvgIpc) is 2.97. The number of hydrogen-bond donors (Lipinski definition) is 0. The number of aryl methyl sites for hydroxylation is 1. The third-order valence-electron chi connectivity index (χ3n) is 3.46. The highest BCUT2D eigenvalue weighted by molar-refractivity contribution is 5.66. The van der Waals surface area contributed by atoms with Crippen molar-refractivity contribution in [1.29, 1.82) is 10.5 Å². The van der Waals surface area contributed by atoms with Gasteiger partial charge in [-0.05, 0) is 36.4 Å². The number of aromatic nitrogens is 2. The number of nitrogens with zero attached hydrogens (tertiary/aromatic N) is 4. The summed E-state index contributed by atoms with van der Waals surface area (Å²) >= 11 is 0. The van der Waals surface area contributed by atoms with E-state index in [1.54, 1.807) is 24.3 Å². The quantitative estimate of drug-likeness (QED) is 0.723. The summed E-state index contributed by atoms with van der Waals surface area (Å²) in [5, 5.41) is 17.7. The van der Waals surface area contributed by atoms with Crippen LogP contribution < -0.4 is 0 Å². The van der Waals surface area contributed by atoms with E-state index in [0.717, 1.165) is 22.6 Å². The molecule has 0 atom stereocenters. The Balaban J connectivity index is 1.99. The van der Waals surface area contributed by atoms with Crippen molar-refractivity contribution >= 4 is 0 Å². The summed E-state index contributed by atoms with van der Waals surface area (Å²) < 4.78 is 1.95. The van der Waals surface area contributed by atoms with Crippen molar-refractivity contribution in [1.82, 2.24) is 9.55 Å². The highest BCUT2D eigenvalue weighted by Crippen LogP contribution is 2.24. The monoisotopic (exact) mass is 284 g/mol. The van der Waals surface area contributed by atoms with E-state index in [1.807, 2.05) is 42.1 Å². The lowest BCUT2D eigenvalue weighted by atomic mass is 10.1. The summed E-state index contributed by atoms with van der Waals surface area (Å²) in [5.74, 6) is 0.837. The molecule has 0 saturated heterocycles. The van der Waals surface area contributed by atoms with Gasteiger partial charge >= 0.3 is 0 Å². The number of benzene rings is 2. The zero-order chi connectivity index (χ0) is 15.5. The van der Waals surface area contributed by atoms with Gasteiger partial charge in [-0.25, -0.2) is 4.98 Å². The van der Waals surface area contributed by atoms with Gasteiger partial charge < -0.3 is 4.57 Å². The molecule has 3 aromatic rings. The molecule has 4 heteroatoms. The minimum absolute atomic E-state index is 0.630. The molecule has 104 valence electrons. The normalized spacial score (nSPS) is 9.95. The van der Waals surface area contributed by atoms with Gasteiger partial charge in [0.15, 0.2) is 0 Å². The first-order valence-corrected chi connectivity index (χ1v) is 6.75. The number of hydrogen-bond acceptors (Lipinski definition) is 3. The summed E-state index contributed by atoms with van der Waals surface area (Å²) in [6.45, 7) is 0. The zero-order valence-corrected chi connectivity index (χ0v) is 12.0. The molecular weight excluding hydrogens is 272 g/mol. The van der Waals surface area contributed by atoms with E-state index in [4.69, 9.17) is 10.5 Å². The second kappa shape index (κ2) is 5.55. The zero-order valence-electron chi connectivity index (χ0n) is 12.0. The maximum Gasteiger partial charge on any atom is 0.140 e. The van der Waals surface area contributed by atoms with E-state index >= 15 is 0 Å². The standard InChI is InChI=1S/C18H12N4/c1-22-12-17(15-6-2-13(10-19)3-7-15)21-18(22)16-8-4-14(11-20)5-9-16/h2-9,12H,1H3. The van der Waals surface area contributed by atoms with Gasteiger partial charge in [0.2, 0.25) is 0 Å². The van der Waals surface area contributed by atoms with Crippen molar-refractivity contribution in [3.8, 4) is 34.8 Å². The van der Waals surface area contributed by atoms with Gasteiger partial charge in [-0.2, -0.15) is 10.5 Å². The molecule has 0 saturated carbocycles. The Hall–Kier alpha value is -3.37. The summed E-state index contributed by atoms with van der Waals surface area (Å²) in [6.07, 6.45) is 1.95. The highest BCUT2D eigenvalue weighted by Gasteiger charge is 2.09. The highest BCUT2D eigenvalue weighted by atomic mass is 15.0. The summed E-state index contributed by atoms with van der Waals surface area (Å²) in [5.41, 5.74) is 4.04. The van der Waals surface area contributed by atoms with Crippen molar-refractivity contribution in [2.45, 2.75) is 0 Å². The first kappa shape index (κ1) is 13.6.